The predicted octanol–water partition coefficient (Wildman–Crippen LogP) is -3.39. The van der Waals surface area contributed by atoms with E-state index in [1.165, 1.54) is 4.90 Å². The van der Waals surface area contributed by atoms with Crippen LogP contribution >= 0.6 is 0 Å². The Morgan fingerprint density at radius 3 is 2.55 bits per heavy atom. The number of carboxylic acids is 1. The van der Waals surface area contributed by atoms with Crippen LogP contribution in [0, 0.1) is 0 Å². The third-order valence-electron chi connectivity index (χ3n) is 3.29. The molecule has 0 saturated carbocycles. The van der Waals surface area contributed by atoms with Crippen LogP contribution in [0.2, 0.25) is 0 Å². The number of hydrogen-bond donors (Lipinski definition) is 5. The first-order valence-electron chi connectivity index (χ1n) is 6.81. The molecule has 22 heavy (non-hydrogen) atoms. The van der Waals surface area contributed by atoms with Crippen LogP contribution in [0.25, 0.3) is 0 Å². The summed E-state index contributed by atoms with van der Waals surface area (Å²) in [6, 6.07) is -2.09. The number of aliphatic hydroxyl groups is 1. The largest absolute Gasteiger partial charge is 0.480 e. The van der Waals surface area contributed by atoms with Gasteiger partial charge in [-0.25, -0.2) is 4.79 Å². The van der Waals surface area contributed by atoms with E-state index in [1.807, 2.05) is 0 Å². The molecule has 0 aromatic carbocycles. The summed E-state index contributed by atoms with van der Waals surface area (Å²) in [6.07, 6.45) is 1.15. The Bertz CT molecular complexity index is 455. The van der Waals surface area contributed by atoms with Crippen molar-refractivity contribution in [3.05, 3.63) is 0 Å². The lowest BCUT2D eigenvalue weighted by atomic mass is 10.2. The molecule has 0 bridgehead atoms. The summed E-state index contributed by atoms with van der Waals surface area (Å²) in [5, 5.41) is 21.9. The summed E-state index contributed by atoms with van der Waals surface area (Å²) >= 11 is 0. The molecule has 124 valence electrons. The van der Waals surface area contributed by atoms with Crippen LogP contribution in [0.1, 0.15) is 12.8 Å². The van der Waals surface area contributed by atoms with Crippen LogP contribution in [0.5, 0.6) is 0 Å². The zero-order chi connectivity index (χ0) is 16.7. The number of carboxylic acid groups (broad SMARTS) is 1. The zero-order valence-corrected chi connectivity index (χ0v) is 11.9. The molecule has 0 aromatic heterocycles. The van der Waals surface area contributed by atoms with Crippen molar-refractivity contribution in [2.24, 2.45) is 5.73 Å². The molecule has 0 radical (unpaired) electrons. The van der Waals surface area contributed by atoms with Gasteiger partial charge in [0.1, 0.15) is 12.1 Å². The summed E-state index contributed by atoms with van der Waals surface area (Å²) in [5.74, 6) is -2.96. The Morgan fingerprint density at radius 2 is 2.00 bits per heavy atom. The van der Waals surface area contributed by atoms with Crippen molar-refractivity contribution in [3.8, 4) is 0 Å². The molecule has 2 unspecified atom stereocenters. The monoisotopic (exact) mass is 316 g/mol. The molecule has 0 spiro atoms. The van der Waals surface area contributed by atoms with E-state index < -0.39 is 43.0 Å². The van der Waals surface area contributed by atoms with Gasteiger partial charge >= 0.3 is 5.97 Å². The number of rotatable bonds is 7. The van der Waals surface area contributed by atoms with E-state index in [9.17, 15) is 19.2 Å². The van der Waals surface area contributed by atoms with E-state index in [0.717, 1.165) is 0 Å². The van der Waals surface area contributed by atoms with Crippen molar-refractivity contribution in [2.75, 3.05) is 26.2 Å². The van der Waals surface area contributed by atoms with Crippen molar-refractivity contribution >= 4 is 23.7 Å². The predicted molar refractivity (Wildman–Crippen MR) is 73.5 cm³/mol. The maximum absolute atomic E-state index is 12.0. The maximum Gasteiger partial charge on any atom is 0.328 e. The molecular weight excluding hydrogens is 296 g/mol. The van der Waals surface area contributed by atoms with Crippen LogP contribution in [0.4, 0.5) is 0 Å². The van der Waals surface area contributed by atoms with Gasteiger partial charge in [-0.15, -0.1) is 0 Å². The molecule has 3 amide bonds. The van der Waals surface area contributed by atoms with Crippen molar-refractivity contribution in [3.63, 3.8) is 0 Å². The summed E-state index contributed by atoms with van der Waals surface area (Å²) < 4.78 is 0. The lowest BCUT2D eigenvalue weighted by Gasteiger charge is -2.23. The minimum absolute atomic E-state index is 0.193. The van der Waals surface area contributed by atoms with E-state index in [0.29, 0.717) is 19.4 Å². The molecule has 1 rings (SSSR count). The normalized spacial score (nSPS) is 18.6. The van der Waals surface area contributed by atoms with Gasteiger partial charge in [0, 0.05) is 6.54 Å². The molecule has 0 aromatic rings. The number of nitrogens with two attached hydrogens (primary N) is 1. The first kappa shape index (κ1) is 17.9. The molecule has 0 aliphatic carbocycles. The average molecular weight is 316 g/mol. The zero-order valence-electron chi connectivity index (χ0n) is 11.9. The van der Waals surface area contributed by atoms with Gasteiger partial charge in [-0.2, -0.15) is 0 Å². The second kappa shape index (κ2) is 8.29. The molecule has 1 aliphatic heterocycles. The maximum atomic E-state index is 12.0. The van der Waals surface area contributed by atoms with E-state index >= 15 is 0 Å². The first-order chi connectivity index (χ1) is 10.4. The third kappa shape index (κ3) is 4.67. The Kier molecular flexibility index (Phi) is 6.73. The molecule has 10 heteroatoms. The number of hydrogen-bond acceptors (Lipinski definition) is 6. The Balaban J connectivity index is 2.46. The van der Waals surface area contributed by atoms with Gasteiger partial charge in [0.15, 0.2) is 0 Å². The van der Waals surface area contributed by atoms with Gasteiger partial charge in [-0.1, -0.05) is 0 Å². The van der Waals surface area contributed by atoms with Crippen LogP contribution in [-0.4, -0.2) is 77.1 Å². The highest BCUT2D eigenvalue weighted by Gasteiger charge is 2.33. The van der Waals surface area contributed by atoms with Crippen molar-refractivity contribution in [2.45, 2.75) is 24.9 Å². The number of likely N-dealkylation sites (tertiary alicyclic amines) is 1. The van der Waals surface area contributed by atoms with Crippen molar-refractivity contribution < 1.29 is 29.4 Å². The smallest absolute Gasteiger partial charge is 0.328 e. The number of amides is 3. The highest BCUT2D eigenvalue weighted by atomic mass is 16.4. The summed E-state index contributed by atoms with van der Waals surface area (Å²) in [7, 11) is 0. The summed E-state index contributed by atoms with van der Waals surface area (Å²) in [4.78, 5) is 47.1. The molecule has 1 aliphatic rings. The van der Waals surface area contributed by atoms with E-state index in [-0.39, 0.29) is 12.5 Å². The van der Waals surface area contributed by atoms with Crippen LogP contribution < -0.4 is 16.4 Å². The van der Waals surface area contributed by atoms with Gasteiger partial charge in [-0.3, -0.25) is 14.4 Å². The van der Waals surface area contributed by atoms with Gasteiger partial charge in [0.05, 0.1) is 19.7 Å². The van der Waals surface area contributed by atoms with Crippen molar-refractivity contribution in [1.82, 2.24) is 15.5 Å². The quantitative estimate of drug-likeness (QED) is 0.327. The standard InChI is InChI=1S/C12H20N4O6/c13-4-10(19)16-3-1-2-8(16)11(20)14-5-9(18)15-7(6-17)12(21)22/h7-8,17H,1-6,13H2,(H,14,20)(H,15,18)(H,21,22). The number of aliphatic hydroxyl groups excluding tert-OH is 1. The van der Waals surface area contributed by atoms with Crippen molar-refractivity contribution in [1.29, 1.82) is 0 Å². The molecule has 1 heterocycles. The van der Waals surface area contributed by atoms with Gasteiger partial charge in [-0.05, 0) is 12.8 Å². The Hall–Kier alpha value is -2.20. The number of nitrogens with one attached hydrogen (secondary N) is 2. The van der Waals surface area contributed by atoms with Crippen LogP contribution in [-0.2, 0) is 19.2 Å². The highest BCUT2D eigenvalue weighted by Crippen LogP contribution is 2.17. The number of carbonyl (C=O) groups excluding carboxylic acids is 3. The minimum atomic E-state index is -1.42. The molecule has 1 fully saturated rings. The number of aliphatic carboxylic acids is 1. The SMILES string of the molecule is NCC(=O)N1CCCC1C(=O)NCC(=O)NC(CO)C(=O)O. The lowest BCUT2D eigenvalue weighted by molar-refractivity contribution is -0.143. The lowest BCUT2D eigenvalue weighted by Crippen LogP contribution is -2.51. The molecule has 1 saturated heterocycles. The van der Waals surface area contributed by atoms with Crippen LogP contribution in [0.15, 0.2) is 0 Å². The Labute approximate surface area is 126 Å². The highest BCUT2D eigenvalue weighted by molar-refractivity contribution is 5.92. The molecule has 2 atom stereocenters. The molecule has 10 nitrogen and oxygen atoms in total. The van der Waals surface area contributed by atoms with E-state index in [2.05, 4.69) is 10.6 Å². The summed E-state index contributed by atoms with van der Waals surface area (Å²) in [6.45, 7) is -0.951. The minimum Gasteiger partial charge on any atom is -0.480 e. The van der Waals surface area contributed by atoms with E-state index in [1.54, 1.807) is 0 Å². The van der Waals surface area contributed by atoms with Crippen LogP contribution in [0.3, 0.4) is 0 Å². The third-order valence-corrected chi connectivity index (χ3v) is 3.29. The second-order valence-corrected chi connectivity index (χ2v) is 4.81. The summed E-state index contributed by atoms with van der Waals surface area (Å²) in [5.41, 5.74) is 5.27. The second-order valence-electron chi connectivity index (χ2n) is 4.81. The number of nitrogens with zero attached hydrogens (tertiary/aromatic N) is 1. The molecular formula is C12H20N4O6. The first-order valence-corrected chi connectivity index (χ1v) is 6.81. The fraction of sp³-hybridized carbons (Fsp3) is 0.667. The molecule has 6 N–H and O–H groups in total. The fourth-order valence-corrected chi connectivity index (χ4v) is 2.17. The Morgan fingerprint density at radius 1 is 1.32 bits per heavy atom. The van der Waals surface area contributed by atoms with Gasteiger partial charge < -0.3 is 31.5 Å². The van der Waals surface area contributed by atoms with Gasteiger partial charge in [0.2, 0.25) is 17.7 Å². The average Bonchev–Trinajstić information content (AvgIpc) is 2.98. The van der Waals surface area contributed by atoms with Gasteiger partial charge in [0.25, 0.3) is 0 Å². The number of carbonyl (C=O) groups is 4. The fourth-order valence-electron chi connectivity index (χ4n) is 2.17. The van der Waals surface area contributed by atoms with E-state index in [4.69, 9.17) is 15.9 Å². The topological polar surface area (TPSA) is 162 Å².